The summed E-state index contributed by atoms with van der Waals surface area (Å²) in [6, 6.07) is 0. The van der Waals surface area contributed by atoms with Crippen molar-refractivity contribution in [2.75, 3.05) is 7.05 Å². The molecule has 1 amide bonds. The van der Waals surface area contributed by atoms with Crippen LogP contribution < -0.4 is 10.9 Å². The van der Waals surface area contributed by atoms with Crippen molar-refractivity contribution in [3.63, 3.8) is 0 Å². The number of carbonyl (C=O) groups is 1. The topological polar surface area (TPSA) is 64.0 Å². The molecule has 26 heavy (non-hydrogen) atoms. The molecule has 2 aromatic heterocycles. The molecule has 1 aliphatic rings. The molecule has 0 fully saturated rings. The summed E-state index contributed by atoms with van der Waals surface area (Å²) >= 11 is 3.03. The van der Waals surface area contributed by atoms with E-state index >= 15 is 0 Å². The number of thiophene rings is 1. The molecular formula is C19H27N3O2S2. The molecule has 0 aromatic carbocycles. The van der Waals surface area contributed by atoms with Crippen molar-refractivity contribution >= 4 is 39.2 Å². The van der Waals surface area contributed by atoms with E-state index in [-0.39, 0.29) is 16.7 Å². The summed E-state index contributed by atoms with van der Waals surface area (Å²) in [5.74, 6) is 0.936. The first-order chi connectivity index (χ1) is 12.3. The van der Waals surface area contributed by atoms with Crippen LogP contribution in [0.5, 0.6) is 0 Å². The number of thioether (sulfide) groups is 1. The second-order valence-corrected chi connectivity index (χ2v) is 10.0. The molecule has 0 radical (unpaired) electrons. The zero-order valence-corrected chi connectivity index (χ0v) is 17.7. The third kappa shape index (κ3) is 3.69. The van der Waals surface area contributed by atoms with Crippen LogP contribution in [0.2, 0.25) is 0 Å². The zero-order valence-electron chi connectivity index (χ0n) is 16.1. The Hall–Kier alpha value is -1.34. The van der Waals surface area contributed by atoms with Gasteiger partial charge in [0.15, 0.2) is 5.16 Å². The molecule has 0 unspecified atom stereocenters. The van der Waals surface area contributed by atoms with Gasteiger partial charge in [-0.1, -0.05) is 32.5 Å². The lowest BCUT2D eigenvalue weighted by molar-refractivity contribution is -0.119. The van der Waals surface area contributed by atoms with Gasteiger partial charge in [0.05, 0.1) is 10.6 Å². The Morgan fingerprint density at radius 3 is 2.81 bits per heavy atom. The number of aromatic nitrogens is 2. The quantitative estimate of drug-likeness (QED) is 0.624. The first-order valence-corrected chi connectivity index (χ1v) is 10.9. The second-order valence-electron chi connectivity index (χ2n) is 7.61. The van der Waals surface area contributed by atoms with Crippen LogP contribution in [0, 0.1) is 11.8 Å². The molecule has 3 rings (SSSR count). The number of aryl methyl sites for hydroxylation is 1. The molecular weight excluding hydrogens is 366 g/mol. The van der Waals surface area contributed by atoms with Crippen LogP contribution in [0.15, 0.2) is 9.95 Å². The molecule has 0 spiro atoms. The highest BCUT2D eigenvalue weighted by Gasteiger charge is 2.26. The van der Waals surface area contributed by atoms with Crippen molar-refractivity contribution < 1.29 is 4.79 Å². The summed E-state index contributed by atoms with van der Waals surface area (Å²) in [6.07, 6.45) is 3.14. The number of hydrogen-bond acceptors (Lipinski definition) is 5. The van der Waals surface area contributed by atoms with Crippen molar-refractivity contribution in [3.05, 3.63) is 20.8 Å². The van der Waals surface area contributed by atoms with E-state index in [0.717, 1.165) is 29.5 Å². The van der Waals surface area contributed by atoms with Crippen LogP contribution >= 0.6 is 23.1 Å². The summed E-state index contributed by atoms with van der Waals surface area (Å²) in [7, 11) is 1.63. The van der Waals surface area contributed by atoms with E-state index in [1.165, 1.54) is 22.2 Å². The third-order valence-electron chi connectivity index (χ3n) is 4.83. The van der Waals surface area contributed by atoms with E-state index in [9.17, 15) is 9.59 Å². The van der Waals surface area contributed by atoms with Gasteiger partial charge in [0.1, 0.15) is 4.83 Å². The van der Waals surface area contributed by atoms with E-state index in [4.69, 9.17) is 4.98 Å². The van der Waals surface area contributed by atoms with Crippen LogP contribution in [0.25, 0.3) is 10.2 Å². The van der Waals surface area contributed by atoms with Gasteiger partial charge in [0, 0.05) is 18.5 Å². The highest BCUT2D eigenvalue weighted by molar-refractivity contribution is 8.00. The van der Waals surface area contributed by atoms with Crippen molar-refractivity contribution in [1.82, 2.24) is 14.9 Å². The molecule has 2 aromatic rings. The molecule has 0 saturated carbocycles. The van der Waals surface area contributed by atoms with Crippen molar-refractivity contribution in [2.45, 2.75) is 63.9 Å². The number of fused-ring (bicyclic) bond motifs is 3. The normalized spacial score (nSPS) is 18.2. The van der Waals surface area contributed by atoms with Crippen LogP contribution in [0.1, 0.15) is 44.6 Å². The Morgan fingerprint density at radius 2 is 2.15 bits per heavy atom. The lowest BCUT2D eigenvalue weighted by Crippen LogP contribution is -2.30. The van der Waals surface area contributed by atoms with E-state index in [2.05, 4.69) is 26.1 Å². The minimum atomic E-state index is -0.294. The summed E-state index contributed by atoms with van der Waals surface area (Å²) < 4.78 is 1.78. The van der Waals surface area contributed by atoms with Crippen LogP contribution in [-0.2, 0) is 24.2 Å². The molecule has 2 atom stereocenters. The molecule has 1 N–H and O–H groups in total. The van der Waals surface area contributed by atoms with Gasteiger partial charge >= 0.3 is 0 Å². The first kappa shape index (κ1) is 19.4. The highest BCUT2D eigenvalue weighted by Crippen LogP contribution is 2.37. The summed E-state index contributed by atoms with van der Waals surface area (Å²) in [5, 5.41) is 3.84. The van der Waals surface area contributed by atoms with E-state index in [0.29, 0.717) is 23.5 Å². The standard InChI is InChI=1S/C19H27N3O2S2/c1-10(2)9-22-18(24)15-13-7-6-11(3)8-14(13)26-17(15)21-19(22)25-12(4)16(23)20-5/h10-12H,6-9H2,1-5H3,(H,20,23)/t11-,12-/m1/s1. The van der Waals surface area contributed by atoms with Crippen molar-refractivity contribution in [2.24, 2.45) is 11.8 Å². The number of hydrogen-bond donors (Lipinski definition) is 1. The number of rotatable bonds is 5. The van der Waals surface area contributed by atoms with Gasteiger partial charge in [-0.15, -0.1) is 11.3 Å². The van der Waals surface area contributed by atoms with E-state index in [1.54, 1.807) is 23.0 Å². The maximum absolute atomic E-state index is 13.3. The van der Waals surface area contributed by atoms with Crippen LogP contribution in [0.4, 0.5) is 0 Å². The summed E-state index contributed by atoms with van der Waals surface area (Å²) in [6.45, 7) is 8.92. The Morgan fingerprint density at radius 1 is 1.42 bits per heavy atom. The van der Waals surface area contributed by atoms with Gasteiger partial charge in [-0.2, -0.15) is 0 Å². The van der Waals surface area contributed by atoms with Gasteiger partial charge in [0.2, 0.25) is 5.91 Å². The average molecular weight is 394 g/mol. The maximum atomic E-state index is 13.3. The van der Waals surface area contributed by atoms with Crippen LogP contribution in [0.3, 0.4) is 0 Å². The molecule has 0 saturated heterocycles. The van der Waals surface area contributed by atoms with Gasteiger partial charge in [-0.3, -0.25) is 14.2 Å². The molecule has 142 valence electrons. The summed E-state index contributed by atoms with van der Waals surface area (Å²) in [5.41, 5.74) is 1.27. The minimum Gasteiger partial charge on any atom is -0.358 e. The number of carbonyl (C=O) groups excluding carboxylic acids is 1. The number of nitrogens with zero attached hydrogens (tertiary/aromatic N) is 2. The van der Waals surface area contributed by atoms with E-state index < -0.39 is 0 Å². The van der Waals surface area contributed by atoms with Gasteiger partial charge in [-0.25, -0.2) is 4.98 Å². The lowest BCUT2D eigenvalue weighted by atomic mass is 9.89. The zero-order chi connectivity index (χ0) is 19.0. The molecule has 0 bridgehead atoms. The monoisotopic (exact) mass is 393 g/mol. The Bertz CT molecular complexity index is 885. The Labute approximate surface area is 162 Å². The van der Waals surface area contributed by atoms with Crippen molar-refractivity contribution in [1.29, 1.82) is 0 Å². The van der Waals surface area contributed by atoms with Gasteiger partial charge in [0.25, 0.3) is 5.56 Å². The van der Waals surface area contributed by atoms with Gasteiger partial charge < -0.3 is 5.32 Å². The molecule has 1 aliphatic carbocycles. The largest absolute Gasteiger partial charge is 0.358 e. The van der Waals surface area contributed by atoms with E-state index in [1.807, 2.05) is 6.92 Å². The summed E-state index contributed by atoms with van der Waals surface area (Å²) in [4.78, 5) is 32.3. The van der Waals surface area contributed by atoms with Gasteiger partial charge in [-0.05, 0) is 43.6 Å². The smallest absolute Gasteiger partial charge is 0.263 e. The Balaban J connectivity index is 2.14. The molecule has 2 heterocycles. The highest BCUT2D eigenvalue weighted by atomic mass is 32.2. The van der Waals surface area contributed by atoms with Crippen LogP contribution in [-0.4, -0.2) is 27.8 Å². The Kier molecular flexibility index (Phi) is 5.77. The fourth-order valence-corrected chi connectivity index (χ4v) is 5.84. The minimum absolute atomic E-state index is 0.0558. The predicted molar refractivity (Wildman–Crippen MR) is 109 cm³/mol. The lowest BCUT2D eigenvalue weighted by Gasteiger charge is -2.18. The van der Waals surface area contributed by atoms with Crippen molar-refractivity contribution in [3.8, 4) is 0 Å². The fraction of sp³-hybridized carbons (Fsp3) is 0.632. The number of amides is 1. The second kappa shape index (κ2) is 7.72. The SMILES string of the molecule is CNC(=O)[C@@H](C)Sc1nc2sc3c(c2c(=O)n1CC(C)C)CC[C@@H](C)C3. The third-order valence-corrected chi connectivity index (χ3v) is 7.06. The first-order valence-electron chi connectivity index (χ1n) is 9.25. The maximum Gasteiger partial charge on any atom is 0.263 e. The predicted octanol–water partition coefficient (Wildman–Crippen LogP) is 3.47. The molecule has 0 aliphatic heterocycles. The average Bonchev–Trinajstić information content (AvgIpc) is 2.94. The molecule has 5 nitrogen and oxygen atoms in total. The fourth-order valence-electron chi connectivity index (χ4n) is 3.44. The molecule has 7 heteroatoms. The number of nitrogens with one attached hydrogen (secondary N) is 1.